The Balaban J connectivity index is 0.000000137. The summed E-state index contributed by atoms with van der Waals surface area (Å²) in [6.45, 7) is 0. The van der Waals surface area contributed by atoms with Crippen molar-refractivity contribution in [2.45, 2.75) is 0 Å². The number of aromatic nitrogens is 4. The normalized spacial score (nSPS) is 11.1. The van der Waals surface area contributed by atoms with Crippen LogP contribution in [0.25, 0.3) is 65.9 Å². The minimum absolute atomic E-state index is 0.952. The van der Waals surface area contributed by atoms with E-state index in [9.17, 15) is 0 Å². The Morgan fingerprint density at radius 1 is 0.381 bits per heavy atom. The molecule has 0 N–H and O–H groups in total. The van der Waals surface area contributed by atoms with Crippen LogP contribution >= 0.6 is 31.9 Å². The van der Waals surface area contributed by atoms with Crippen LogP contribution in [0.5, 0.6) is 0 Å². The van der Waals surface area contributed by atoms with E-state index in [-0.39, 0.29) is 0 Å². The van der Waals surface area contributed by atoms with Crippen molar-refractivity contribution >= 4 is 75.5 Å². The van der Waals surface area contributed by atoms with E-state index >= 15 is 0 Å². The Hall–Kier alpha value is -4.52. The number of fused-ring (bicyclic) bond motifs is 6. The molecule has 4 aromatic heterocycles. The van der Waals surface area contributed by atoms with E-state index in [2.05, 4.69) is 137 Å². The van der Waals surface area contributed by atoms with Crippen LogP contribution < -0.4 is 0 Å². The first-order valence-electron chi connectivity index (χ1n) is 13.4. The molecule has 0 radical (unpaired) electrons. The molecule has 8 rings (SSSR count). The fourth-order valence-electron chi connectivity index (χ4n) is 5.29. The molecule has 4 heterocycles. The van der Waals surface area contributed by atoms with Crippen LogP contribution in [0.1, 0.15) is 0 Å². The lowest BCUT2D eigenvalue weighted by molar-refractivity contribution is 1.37. The van der Waals surface area contributed by atoms with Crippen molar-refractivity contribution in [1.82, 2.24) is 19.9 Å². The summed E-state index contributed by atoms with van der Waals surface area (Å²) >= 11 is 6.97. The highest BCUT2D eigenvalue weighted by Gasteiger charge is 2.11. The Kier molecular flexibility index (Phi) is 7.16. The van der Waals surface area contributed by atoms with Crippen LogP contribution in [0.3, 0.4) is 0 Å². The number of nitrogens with zero attached hydrogens (tertiary/aromatic N) is 4. The van der Waals surface area contributed by atoms with Crippen LogP contribution in [0.15, 0.2) is 143 Å². The van der Waals surface area contributed by atoms with E-state index < -0.39 is 0 Å². The maximum atomic E-state index is 4.54. The highest BCUT2D eigenvalue weighted by atomic mass is 79.9. The molecule has 0 aliphatic carbocycles. The van der Waals surface area contributed by atoms with E-state index in [0.717, 1.165) is 52.6 Å². The van der Waals surface area contributed by atoms with Gasteiger partial charge < -0.3 is 0 Å². The van der Waals surface area contributed by atoms with Crippen molar-refractivity contribution in [2.75, 3.05) is 0 Å². The van der Waals surface area contributed by atoms with Gasteiger partial charge >= 0.3 is 0 Å². The van der Waals surface area contributed by atoms with Crippen LogP contribution in [0.2, 0.25) is 0 Å². The standard InChI is InChI=1S/2C18H11BrN2/c2*19-14-7-5-12(6-8-14)16-11-13-3-1-9-20-17(13)18-15(16)4-2-10-21-18/h2*1-11H. The van der Waals surface area contributed by atoms with E-state index in [0.29, 0.717) is 0 Å². The topological polar surface area (TPSA) is 51.6 Å². The second-order valence-electron chi connectivity index (χ2n) is 9.81. The van der Waals surface area contributed by atoms with Gasteiger partial charge in [-0.05, 0) is 82.9 Å². The van der Waals surface area contributed by atoms with Gasteiger partial charge in [0.1, 0.15) is 0 Å². The predicted molar refractivity (Wildman–Crippen MR) is 180 cm³/mol. The van der Waals surface area contributed by atoms with Crippen LogP contribution in [0.4, 0.5) is 0 Å². The van der Waals surface area contributed by atoms with E-state index in [1.807, 2.05) is 49.1 Å². The Labute approximate surface area is 259 Å². The second-order valence-corrected chi connectivity index (χ2v) is 11.6. The lowest BCUT2D eigenvalue weighted by Gasteiger charge is -2.09. The van der Waals surface area contributed by atoms with Crippen LogP contribution in [-0.2, 0) is 0 Å². The number of hydrogen-bond donors (Lipinski definition) is 0. The Morgan fingerprint density at radius 3 is 1.14 bits per heavy atom. The highest BCUT2D eigenvalue weighted by molar-refractivity contribution is 9.10. The molecule has 42 heavy (non-hydrogen) atoms. The maximum Gasteiger partial charge on any atom is 0.0970 e. The first-order chi connectivity index (χ1) is 20.7. The summed E-state index contributed by atoms with van der Waals surface area (Å²) in [5.41, 5.74) is 8.55. The zero-order valence-corrected chi connectivity index (χ0v) is 25.4. The molecule has 4 nitrogen and oxygen atoms in total. The summed E-state index contributed by atoms with van der Waals surface area (Å²) in [6, 6.07) is 37.3. The highest BCUT2D eigenvalue weighted by Crippen LogP contribution is 2.34. The van der Waals surface area contributed by atoms with Crippen LogP contribution in [0, 0.1) is 0 Å². The molecule has 0 aliphatic rings. The summed E-state index contributed by atoms with van der Waals surface area (Å²) < 4.78 is 2.16. The minimum Gasteiger partial charge on any atom is -0.254 e. The molecule has 0 fully saturated rings. The van der Waals surface area contributed by atoms with Crippen LogP contribution in [-0.4, -0.2) is 19.9 Å². The number of pyridine rings is 4. The fourth-order valence-corrected chi connectivity index (χ4v) is 5.82. The third-order valence-electron chi connectivity index (χ3n) is 7.23. The van der Waals surface area contributed by atoms with Gasteiger partial charge in [-0.15, -0.1) is 0 Å². The van der Waals surface area contributed by atoms with Gasteiger partial charge in [-0.25, -0.2) is 0 Å². The zero-order valence-electron chi connectivity index (χ0n) is 22.2. The van der Waals surface area contributed by atoms with E-state index in [1.54, 1.807) is 0 Å². The third-order valence-corrected chi connectivity index (χ3v) is 8.29. The average Bonchev–Trinajstić information content (AvgIpc) is 3.05. The maximum absolute atomic E-state index is 4.54. The number of halogens is 2. The molecule has 6 heteroatoms. The molecule has 4 aromatic carbocycles. The predicted octanol–water partition coefficient (Wildman–Crippen LogP) is 10.4. The van der Waals surface area contributed by atoms with Gasteiger partial charge in [0.05, 0.1) is 22.1 Å². The van der Waals surface area contributed by atoms with E-state index in [4.69, 9.17) is 0 Å². The summed E-state index contributed by atoms with van der Waals surface area (Å²) in [4.78, 5) is 18.1. The van der Waals surface area contributed by atoms with Gasteiger partial charge in [-0.2, -0.15) is 0 Å². The first-order valence-corrected chi connectivity index (χ1v) is 15.0. The summed E-state index contributed by atoms with van der Waals surface area (Å²) in [5.74, 6) is 0. The molecule has 0 atom stereocenters. The zero-order chi connectivity index (χ0) is 28.5. The van der Waals surface area contributed by atoms with Gasteiger partial charge in [0.15, 0.2) is 0 Å². The summed E-state index contributed by atoms with van der Waals surface area (Å²) in [6.07, 6.45) is 7.27. The van der Waals surface area contributed by atoms with Gasteiger partial charge in [0.2, 0.25) is 0 Å². The fraction of sp³-hybridized carbons (Fsp3) is 0. The number of benzene rings is 4. The lowest BCUT2D eigenvalue weighted by atomic mass is 9.98. The van der Waals surface area contributed by atoms with Crippen molar-refractivity contribution in [3.05, 3.63) is 143 Å². The average molecular weight is 670 g/mol. The molecule has 0 aliphatic heterocycles. The summed E-state index contributed by atoms with van der Waals surface area (Å²) in [7, 11) is 0. The monoisotopic (exact) mass is 668 g/mol. The van der Waals surface area contributed by atoms with Gasteiger partial charge in [-0.1, -0.05) is 80.4 Å². The molecule has 200 valence electrons. The first kappa shape index (κ1) is 26.4. The molecule has 0 amide bonds. The van der Waals surface area contributed by atoms with Crippen molar-refractivity contribution < 1.29 is 0 Å². The number of rotatable bonds is 2. The largest absolute Gasteiger partial charge is 0.254 e. The molecular weight excluding hydrogens is 648 g/mol. The van der Waals surface area contributed by atoms with E-state index in [1.165, 1.54) is 22.3 Å². The van der Waals surface area contributed by atoms with Crippen molar-refractivity contribution in [3.63, 3.8) is 0 Å². The third kappa shape index (κ3) is 5.04. The molecular formula is C36H22Br2N4. The SMILES string of the molecule is Brc1ccc(-c2cc3cccnc3c3ncccc23)cc1.Brc1ccc(-c2cc3cccnc3c3ncccc23)cc1. The number of hydrogen-bond acceptors (Lipinski definition) is 4. The lowest BCUT2D eigenvalue weighted by Crippen LogP contribution is -1.88. The van der Waals surface area contributed by atoms with Gasteiger partial charge in [0, 0.05) is 55.3 Å². The van der Waals surface area contributed by atoms with Gasteiger partial charge in [0.25, 0.3) is 0 Å². The summed E-state index contributed by atoms with van der Waals surface area (Å²) in [5, 5.41) is 4.49. The van der Waals surface area contributed by atoms with Crippen molar-refractivity contribution in [3.8, 4) is 22.3 Å². The van der Waals surface area contributed by atoms with Crippen molar-refractivity contribution in [1.29, 1.82) is 0 Å². The smallest absolute Gasteiger partial charge is 0.0970 e. The quantitative estimate of drug-likeness (QED) is 0.172. The van der Waals surface area contributed by atoms with Gasteiger partial charge in [-0.3, -0.25) is 19.9 Å². The minimum atomic E-state index is 0.952. The molecule has 0 spiro atoms. The Morgan fingerprint density at radius 2 is 0.738 bits per heavy atom. The molecule has 0 bridgehead atoms. The molecule has 0 unspecified atom stereocenters. The second kappa shape index (κ2) is 11.4. The molecule has 8 aromatic rings. The molecule has 0 saturated carbocycles. The molecule has 0 saturated heterocycles. The Bertz CT molecular complexity index is 2050. The van der Waals surface area contributed by atoms with Crippen molar-refractivity contribution in [2.24, 2.45) is 0 Å².